The third-order valence-corrected chi connectivity index (χ3v) is 2.94. The fourth-order valence-corrected chi connectivity index (χ4v) is 2.20. The third-order valence-electron chi connectivity index (χ3n) is 2.01. The first-order valence-electron chi connectivity index (χ1n) is 4.06. The first-order valence-corrected chi connectivity index (χ1v) is 4.94. The molecule has 0 aromatic carbocycles. The van der Waals surface area contributed by atoms with Crippen LogP contribution in [0.25, 0.3) is 0 Å². The van der Waals surface area contributed by atoms with Gasteiger partial charge in [-0.15, -0.1) is 0 Å². The monoisotopic (exact) mass is 321 g/mol. The van der Waals surface area contributed by atoms with Crippen LogP contribution in [-0.2, 0) is 0 Å². The van der Waals surface area contributed by atoms with Gasteiger partial charge in [-0.1, -0.05) is 11.8 Å². The van der Waals surface area contributed by atoms with Crippen LogP contribution in [0.15, 0.2) is 15.7 Å². The van der Waals surface area contributed by atoms with E-state index in [0.717, 1.165) is 0 Å². The normalized spacial score (nSPS) is 22.8. The molecule has 0 amide bonds. The van der Waals surface area contributed by atoms with Gasteiger partial charge < -0.3 is 0 Å². The molecule has 0 N–H and O–H groups in total. The highest BCUT2D eigenvalue weighted by Gasteiger charge is 2.76. The van der Waals surface area contributed by atoms with Crippen LogP contribution in [0.3, 0.4) is 0 Å². The lowest BCUT2D eigenvalue weighted by molar-refractivity contribution is -0.279. The second-order valence-corrected chi connectivity index (χ2v) is 4.05. The second kappa shape index (κ2) is 4.28. The highest BCUT2D eigenvalue weighted by molar-refractivity contribution is 8.15. The van der Waals surface area contributed by atoms with Gasteiger partial charge >= 0.3 is 18.5 Å². The van der Waals surface area contributed by atoms with Crippen LogP contribution in [0, 0.1) is 0 Å². The van der Waals surface area contributed by atoms with Gasteiger partial charge in [0, 0.05) is 0 Å². The number of thioether (sulfide) groups is 1. The molecule has 0 fully saturated rings. The van der Waals surface area contributed by atoms with Crippen molar-refractivity contribution in [2.75, 3.05) is 0 Å². The average molecular weight is 321 g/mol. The Morgan fingerprint density at radius 2 is 1.37 bits per heavy atom. The predicted molar refractivity (Wildman–Crippen MR) is 45.1 cm³/mol. The quantitative estimate of drug-likeness (QED) is 0.604. The number of halogens is 10. The van der Waals surface area contributed by atoms with E-state index in [-0.39, 0.29) is 5.55 Å². The topological polar surface area (TPSA) is 12.4 Å². The first-order chi connectivity index (χ1) is 8.25. The van der Waals surface area contributed by atoms with E-state index >= 15 is 0 Å². The number of aliphatic imine (C=N–C) groups is 1. The molecule has 19 heavy (non-hydrogen) atoms. The van der Waals surface area contributed by atoms with Gasteiger partial charge in [-0.3, -0.25) is 4.99 Å². The van der Waals surface area contributed by atoms with Crippen molar-refractivity contribution in [3.8, 4) is 0 Å². The minimum absolute atomic E-state index is 0.123. The number of hydrogen-bond donors (Lipinski definition) is 0. The van der Waals surface area contributed by atoms with Crippen LogP contribution < -0.4 is 0 Å². The molecule has 0 aromatic rings. The Labute approximate surface area is 102 Å². The van der Waals surface area contributed by atoms with Gasteiger partial charge in [0.05, 0.1) is 10.5 Å². The highest BCUT2D eigenvalue weighted by Crippen LogP contribution is 2.58. The maximum Gasteiger partial charge on any atom is 0.443 e. The maximum absolute atomic E-state index is 12.8. The standard InChI is InChI=1S/C7HF10NS/c8-2(5(9,10)11)3-4(6(12,13)14,7(15,16)17)18-1-19-3/h1H. The summed E-state index contributed by atoms with van der Waals surface area (Å²) in [5, 5.41) is 0. The van der Waals surface area contributed by atoms with Crippen LogP contribution >= 0.6 is 11.8 Å². The van der Waals surface area contributed by atoms with Gasteiger partial charge in [0.2, 0.25) is 5.83 Å². The summed E-state index contributed by atoms with van der Waals surface area (Å²) in [4.78, 5) is -0.567. The molecule has 0 unspecified atom stereocenters. The second-order valence-electron chi connectivity index (χ2n) is 3.20. The lowest BCUT2D eigenvalue weighted by atomic mass is 9.97. The molecule has 12 heteroatoms. The molecule has 0 aromatic heterocycles. The van der Waals surface area contributed by atoms with Crippen molar-refractivity contribution in [1.29, 1.82) is 0 Å². The maximum atomic E-state index is 12.8. The fraction of sp³-hybridized carbons (Fsp3) is 0.571. The van der Waals surface area contributed by atoms with Crippen LogP contribution in [0.2, 0.25) is 0 Å². The molecule has 0 aliphatic carbocycles. The summed E-state index contributed by atoms with van der Waals surface area (Å²) in [5.74, 6) is -3.47. The van der Waals surface area contributed by atoms with Gasteiger partial charge in [-0.25, -0.2) is 4.39 Å². The van der Waals surface area contributed by atoms with Crippen molar-refractivity contribution in [1.82, 2.24) is 0 Å². The van der Waals surface area contributed by atoms with E-state index in [2.05, 4.69) is 0 Å². The molecular weight excluding hydrogens is 320 g/mol. The number of nitrogens with zero attached hydrogens (tertiary/aromatic N) is 1. The molecule has 110 valence electrons. The zero-order valence-corrected chi connectivity index (χ0v) is 9.03. The lowest BCUT2D eigenvalue weighted by Gasteiger charge is -2.32. The van der Waals surface area contributed by atoms with Gasteiger partial charge in [0.25, 0.3) is 5.54 Å². The molecule has 1 rings (SSSR count). The Hall–Kier alpha value is -0.940. The first kappa shape index (κ1) is 16.1. The van der Waals surface area contributed by atoms with Gasteiger partial charge in [0.1, 0.15) is 0 Å². The van der Waals surface area contributed by atoms with Crippen molar-refractivity contribution in [3.05, 3.63) is 10.7 Å². The summed E-state index contributed by atoms with van der Waals surface area (Å²) in [6, 6.07) is 0. The van der Waals surface area contributed by atoms with Gasteiger partial charge in [0.15, 0.2) is 0 Å². The molecular formula is C7HF10NS. The van der Waals surface area contributed by atoms with E-state index in [1.807, 2.05) is 4.99 Å². The van der Waals surface area contributed by atoms with Crippen LogP contribution in [0.5, 0.6) is 0 Å². The van der Waals surface area contributed by atoms with E-state index in [9.17, 15) is 43.9 Å². The smallest absolute Gasteiger partial charge is 0.256 e. The molecule has 1 heterocycles. The Morgan fingerprint density at radius 3 is 1.68 bits per heavy atom. The number of rotatable bonds is 0. The van der Waals surface area contributed by atoms with E-state index in [0.29, 0.717) is 0 Å². The highest BCUT2D eigenvalue weighted by atomic mass is 32.2. The zero-order chi connectivity index (χ0) is 15.3. The molecule has 1 nitrogen and oxygen atoms in total. The molecule has 1 aliphatic heterocycles. The minimum Gasteiger partial charge on any atom is -0.256 e. The van der Waals surface area contributed by atoms with Gasteiger partial charge in [-0.05, 0) is 0 Å². The Bertz CT molecular complexity index is 411. The van der Waals surface area contributed by atoms with Crippen molar-refractivity contribution >= 4 is 17.3 Å². The van der Waals surface area contributed by atoms with E-state index in [1.54, 1.807) is 0 Å². The third kappa shape index (κ3) is 2.41. The van der Waals surface area contributed by atoms with Crippen molar-refractivity contribution in [2.24, 2.45) is 4.99 Å². The Kier molecular flexibility index (Phi) is 3.63. The summed E-state index contributed by atoms with van der Waals surface area (Å²) < 4.78 is 124. The summed E-state index contributed by atoms with van der Waals surface area (Å²) in [5.41, 5.74) is -5.34. The van der Waals surface area contributed by atoms with Crippen molar-refractivity contribution in [3.63, 3.8) is 0 Å². The average Bonchev–Trinajstić information content (AvgIpc) is 2.57. The zero-order valence-electron chi connectivity index (χ0n) is 8.21. The SMILES string of the molecule is FC(=C1SC=NC1(C(F)(F)F)C(F)(F)F)C(F)(F)F. The summed E-state index contributed by atoms with van der Waals surface area (Å²) in [6.45, 7) is 0. The van der Waals surface area contributed by atoms with Gasteiger partial charge in [-0.2, -0.15) is 39.5 Å². The molecule has 0 bridgehead atoms. The van der Waals surface area contributed by atoms with Crippen LogP contribution in [-0.4, -0.2) is 29.6 Å². The minimum atomic E-state index is -6.26. The van der Waals surface area contributed by atoms with Crippen molar-refractivity contribution in [2.45, 2.75) is 24.1 Å². The summed E-state index contributed by atoms with van der Waals surface area (Å²) in [6.07, 6.45) is -18.5. The lowest BCUT2D eigenvalue weighted by Crippen LogP contribution is -2.55. The molecule has 0 spiro atoms. The molecule has 0 saturated carbocycles. The number of allylic oxidation sites excluding steroid dienone is 1. The summed E-state index contributed by atoms with van der Waals surface area (Å²) >= 11 is -0.709. The molecule has 0 atom stereocenters. The van der Waals surface area contributed by atoms with Crippen LogP contribution in [0.4, 0.5) is 43.9 Å². The molecule has 0 saturated heterocycles. The Balaban J connectivity index is 3.62. The van der Waals surface area contributed by atoms with E-state index < -0.39 is 46.6 Å². The fourth-order valence-electron chi connectivity index (χ4n) is 1.21. The molecule has 0 radical (unpaired) electrons. The largest absolute Gasteiger partial charge is 0.443 e. The van der Waals surface area contributed by atoms with Crippen LogP contribution in [0.1, 0.15) is 0 Å². The predicted octanol–water partition coefficient (Wildman–Crippen LogP) is 4.37. The van der Waals surface area contributed by atoms with Crippen molar-refractivity contribution < 1.29 is 43.9 Å². The Morgan fingerprint density at radius 1 is 0.947 bits per heavy atom. The number of alkyl halides is 9. The molecule has 1 aliphatic rings. The van der Waals surface area contributed by atoms with E-state index in [1.165, 1.54) is 0 Å². The number of hydrogen-bond acceptors (Lipinski definition) is 2. The van der Waals surface area contributed by atoms with E-state index in [4.69, 9.17) is 0 Å². The summed E-state index contributed by atoms with van der Waals surface area (Å²) in [7, 11) is 0.